The number of rotatable bonds is 7. The molecular formula is C20H15ClF3N5O4. The van der Waals surface area contributed by atoms with Crippen LogP contribution >= 0.6 is 11.6 Å². The van der Waals surface area contributed by atoms with E-state index >= 15 is 0 Å². The molecule has 0 aliphatic carbocycles. The van der Waals surface area contributed by atoms with E-state index in [9.17, 15) is 28.1 Å². The Labute approximate surface area is 189 Å². The van der Waals surface area contributed by atoms with Crippen molar-refractivity contribution in [1.29, 1.82) is 0 Å². The first-order chi connectivity index (χ1) is 15.6. The monoisotopic (exact) mass is 481 g/mol. The summed E-state index contributed by atoms with van der Waals surface area (Å²) in [7, 11) is 0. The SMILES string of the molecule is CCOC(=O)c1ccccc1Nc1ncnc(Nc2ccc(Cl)c(C(F)(F)F)c2)c1[N+](=O)[O-]. The normalized spacial score (nSPS) is 11.1. The lowest BCUT2D eigenvalue weighted by atomic mass is 10.1. The molecule has 172 valence electrons. The highest BCUT2D eigenvalue weighted by molar-refractivity contribution is 6.31. The number of hydrogen-bond donors (Lipinski definition) is 2. The molecule has 0 spiro atoms. The first-order valence-corrected chi connectivity index (χ1v) is 9.66. The van der Waals surface area contributed by atoms with Gasteiger partial charge in [-0.25, -0.2) is 14.8 Å². The van der Waals surface area contributed by atoms with E-state index in [1.807, 2.05) is 0 Å². The van der Waals surface area contributed by atoms with Gasteiger partial charge in [0.1, 0.15) is 6.33 Å². The number of benzene rings is 2. The van der Waals surface area contributed by atoms with Crippen molar-refractivity contribution >= 4 is 46.3 Å². The van der Waals surface area contributed by atoms with E-state index in [1.54, 1.807) is 19.1 Å². The number of esters is 1. The Kier molecular flexibility index (Phi) is 6.97. The predicted molar refractivity (Wildman–Crippen MR) is 114 cm³/mol. The Morgan fingerprint density at radius 3 is 2.45 bits per heavy atom. The average Bonchev–Trinajstić information content (AvgIpc) is 2.75. The number of para-hydroxylation sites is 1. The molecule has 9 nitrogen and oxygen atoms in total. The number of aromatic nitrogens is 2. The summed E-state index contributed by atoms with van der Waals surface area (Å²) in [6.07, 6.45) is -3.75. The van der Waals surface area contributed by atoms with Crippen molar-refractivity contribution in [2.24, 2.45) is 0 Å². The van der Waals surface area contributed by atoms with E-state index in [4.69, 9.17) is 16.3 Å². The molecule has 2 N–H and O–H groups in total. The summed E-state index contributed by atoms with van der Waals surface area (Å²) in [5.74, 6) is -1.32. The number of carbonyl (C=O) groups excluding carboxylic acids is 1. The fourth-order valence-corrected chi connectivity index (χ4v) is 3.02. The first kappa shape index (κ1) is 23.7. The van der Waals surface area contributed by atoms with Crippen LogP contribution in [0, 0.1) is 10.1 Å². The number of anilines is 4. The van der Waals surface area contributed by atoms with Crippen molar-refractivity contribution in [3.05, 3.63) is 75.1 Å². The van der Waals surface area contributed by atoms with E-state index in [2.05, 4.69) is 20.6 Å². The fourth-order valence-electron chi connectivity index (χ4n) is 2.80. The smallest absolute Gasteiger partial charge is 0.417 e. The highest BCUT2D eigenvalue weighted by Gasteiger charge is 2.33. The van der Waals surface area contributed by atoms with Crippen LogP contribution in [0.25, 0.3) is 0 Å². The number of halogens is 4. The van der Waals surface area contributed by atoms with Gasteiger partial charge in [-0.2, -0.15) is 13.2 Å². The zero-order valence-electron chi connectivity index (χ0n) is 16.8. The molecule has 0 amide bonds. The van der Waals surface area contributed by atoms with Crippen LogP contribution in [-0.4, -0.2) is 27.5 Å². The van der Waals surface area contributed by atoms with E-state index in [0.29, 0.717) is 6.07 Å². The molecule has 0 saturated heterocycles. The minimum atomic E-state index is -4.73. The molecule has 13 heteroatoms. The molecule has 0 aliphatic rings. The van der Waals surface area contributed by atoms with Gasteiger partial charge in [-0.3, -0.25) is 10.1 Å². The van der Waals surface area contributed by atoms with Gasteiger partial charge in [0.15, 0.2) is 0 Å². The van der Waals surface area contributed by atoms with Crippen molar-refractivity contribution < 1.29 is 27.6 Å². The Balaban J connectivity index is 2.01. The van der Waals surface area contributed by atoms with Gasteiger partial charge < -0.3 is 15.4 Å². The molecule has 3 rings (SSSR count). The number of hydrogen-bond acceptors (Lipinski definition) is 8. The predicted octanol–water partition coefficient (Wildman–Crippen LogP) is 5.72. The quantitative estimate of drug-likeness (QED) is 0.250. The fraction of sp³-hybridized carbons (Fsp3) is 0.150. The largest absolute Gasteiger partial charge is 0.462 e. The van der Waals surface area contributed by atoms with Crippen molar-refractivity contribution in [2.45, 2.75) is 13.1 Å². The molecular weight excluding hydrogens is 467 g/mol. The lowest BCUT2D eigenvalue weighted by Gasteiger charge is -2.14. The van der Waals surface area contributed by atoms with Crippen molar-refractivity contribution in [3.8, 4) is 0 Å². The van der Waals surface area contributed by atoms with Gasteiger partial charge in [-0.15, -0.1) is 0 Å². The Bertz CT molecular complexity index is 1210. The lowest BCUT2D eigenvalue weighted by Crippen LogP contribution is -2.10. The lowest BCUT2D eigenvalue weighted by molar-refractivity contribution is -0.383. The summed E-state index contributed by atoms with van der Waals surface area (Å²) in [5.41, 5.74) is -1.62. The van der Waals surface area contributed by atoms with E-state index in [-0.39, 0.29) is 35.2 Å². The molecule has 1 heterocycles. The van der Waals surface area contributed by atoms with Crippen LogP contribution in [0.15, 0.2) is 48.8 Å². The Hall–Kier alpha value is -3.93. The van der Waals surface area contributed by atoms with Crippen LogP contribution < -0.4 is 10.6 Å². The van der Waals surface area contributed by atoms with Gasteiger partial charge >= 0.3 is 17.8 Å². The molecule has 33 heavy (non-hydrogen) atoms. The third-order valence-electron chi connectivity index (χ3n) is 4.21. The van der Waals surface area contributed by atoms with Gasteiger partial charge in [0.05, 0.1) is 33.4 Å². The zero-order chi connectivity index (χ0) is 24.2. The molecule has 0 saturated carbocycles. The second-order valence-corrected chi connectivity index (χ2v) is 6.79. The maximum absolute atomic E-state index is 13.1. The number of nitrogens with zero attached hydrogens (tertiary/aromatic N) is 3. The maximum Gasteiger partial charge on any atom is 0.417 e. The van der Waals surface area contributed by atoms with Crippen molar-refractivity contribution in [1.82, 2.24) is 9.97 Å². The molecule has 3 aromatic rings. The number of nitrogens with one attached hydrogen (secondary N) is 2. The van der Waals surface area contributed by atoms with Gasteiger partial charge in [-0.05, 0) is 37.3 Å². The first-order valence-electron chi connectivity index (χ1n) is 9.28. The van der Waals surface area contributed by atoms with Crippen LogP contribution in [0.2, 0.25) is 5.02 Å². The Morgan fingerprint density at radius 1 is 1.15 bits per heavy atom. The molecule has 0 radical (unpaired) electrons. The zero-order valence-corrected chi connectivity index (χ0v) is 17.6. The summed E-state index contributed by atoms with van der Waals surface area (Å²) in [6, 6.07) is 9.04. The van der Waals surface area contributed by atoms with Gasteiger partial charge in [0, 0.05) is 5.69 Å². The number of ether oxygens (including phenoxy) is 1. The van der Waals surface area contributed by atoms with E-state index < -0.39 is 33.3 Å². The molecule has 0 unspecified atom stereocenters. The average molecular weight is 482 g/mol. The molecule has 1 aromatic heterocycles. The summed E-state index contributed by atoms with van der Waals surface area (Å²) in [5, 5.41) is 16.4. The summed E-state index contributed by atoms with van der Waals surface area (Å²) < 4.78 is 44.4. The van der Waals surface area contributed by atoms with E-state index in [1.165, 1.54) is 18.2 Å². The molecule has 0 fully saturated rings. The Morgan fingerprint density at radius 2 is 1.82 bits per heavy atom. The van der Waals surface area contributed by atoms with Gasteiger partial charge in [0.25, 0.3) is 0 Å². The minimum absolute atomic E-state index is 0.106. The maximum atomic E-state index is 13.1. The van der Waals surface area contributed by atoms with Crippen molar-refractivity contribution in [3.63, 3.8) is 0 Å². The summed E-state index contributed by atoms with van der Waals surface area (Å²) in [6.45, 7) is 1.75. The molecule has 0 bridgehead atoms. The summed E-state index contributed by atoms with van der Waals surface area (Å²) in [4.78, 5) is 30.8. The number of alkyl halides is 3. The topological polar surface area (TPSA) is 119 Å². The van der Waals surface area contributed by atoms with Crippen LogP contribution in [-0.2, 0) is 10.9 Å². The highest BCUT2D eigenvalue weighted by Crippen LogP contribution is 2.38. The molecule has 2 aromatic carbocycles. The number of carbonyl (C=O) groups is 1. The number of nitro groups is 1. The minimum Gasteiger partial charge on any atom is -0.462 e. The van der Waals surface area contributed by atoms with Crippen LogP contribution in [0.4, 0.5) is 41.9 Å². The highest BCUT2D eigenvalue weighted by atomic mass is 35.5. The van der Waals surface area contributed by atoms with Gasteiger partial charge in [-0.1, -0.05) is 23.7 Å². The molecule has 0 atom stereocenters. The van der Waals surface area contributed by atoms with Gasteiger partial charge in [0.2, 0.25) is 11.6 Å². The third kappa shape index (κ3) is 5.47. The summed E-state index contributed by atoms with van der Waals surface area (Å²) >= 11 is 5.61. The van der Waals surface area contributed by atoms with Crippen LogP contribution in [0.3, 0.4) is 0 Å². The van der Waals surface area contributed by atoms with Crippen LogP contribution in [0.1, 0.15) is 22.8 Å². The second kappa shape index (κ2) is 9.69. The van der Waals surface area contributed by atoms with Crippen molar-refractivity contribution in [2.75, 3.05) is 17.2 Å². The molecule has 0 aliphatic heterocycles. The standard InChI is InChI=1S/C20H15ClF3N5O4/c1-2-33-19(30)12-5-3-4-6-15(12)28-18-16(29(31)32)17(25-10-26-18)27-11-7-8-14(21)13(9-11)20(22,23)24/h3-10H,2H2,1H3,(H2,25,26,27,28). The van der Waals surface area contributed by atoms with Crippen LogP contribution in [0.5, 0.6) is 0 Å². The third-order valence-corrected chi connectivity index (χ3v) is 4.54. The van der Waals surface area contributed by atoms with E-state index in [0.717, 1.165) is 12.4 Å². The second-order valence-electron chi connectivity index (χ2n) is 6.39.